The standard InChI is InChI=1S/C21H24N2O5/c1-13-2-4-14(5-3-13)17-12-18(28-22-17)20(24)23-9-6-15(7-10-23)19-16(21(25)26)8-11-27-19/h2-5,12,15-16,19H,6-11H2,1H3,(H,25,26)/t16?,19-/m0/s1. The van der Waals surface area contributed by atoms with Gasteiger partial charge in [0, 0.05) is 31.3 Å². The van der Waals surface area contributed by atoms with E-state index in [2.05, 4.69) is 5.16 Å². The summed E-state index contributed by atoms with van der Waals surface area (Å²) >= 11 is 0. The van der Waals surface area contributed by atoms with Crippen LogP contribution in [-0.4, -0.2) is 52.8 Å². The van der Waals surface area contributed by atoms with E-state index in [-0.39, 0.29) is 23.7 Å². The first-order valence-corrected chi connectivity index (χ1v) is 9.70. The smallest absolute Gasteiger partial charge is 0.309 e. The lowest BCUT2D eigenvalue weighted by molar-refractivity contribution is -0.145. The van der Waals surface area contributed by atoms with Gasteiger partial charge in [-0.15, -0.1) is 0 Å². The van der Waals surface area contributed by atoms with Crippen molar-refractivity contribution in [1.82, 2.24) is 10.1 Å². The Bertz CT molecular complexity index is 852. The van der Waals surface area contributed by atoms with Crippen LogP contribution in [0.2, 0.25) is 0 Å². The molecule has 2 fully saturated rings. The minimum absolute atomic E-state index is 0.172. The third kappa shape index (κ3) is 3.67. The molecule has 7 heteroatoms. The molecule has 1 aromatic heterocycles. The first-order valence-electron chi connectivity index (χ1n) is 9.70. The quantitative estimate of drug-likeness (QED) is 0.871. The fourth-order valence-electron chi connectivity index (χ4n) is 4.16. The van der Waals surface area contributed by atoms with Gasteiger partial charge in [0.2, 0.25) is 5.76 Å². The van der Waals surface area contributed by atoms with Crippen LogP contribution >= 0.6 is 0 Å². The van der Waals surface area contributed by atoms with Gasteiger partial charge in [-0.3, -0.25) is 9.59 Å². The second-order valence-corrected chi connectivity index (χ2v) is 7.64. The first-order chi connectivity index (χ1) is 13.5. The number of carbonyl (C=O) groups excluding carboxylic acids is 1. The van der Waals surface area contributed by atoms with E-state index in [1.54, 1.807) is 11.0 Å². The highest BCUT2D eigenvalue weighted by atomic mass is 16.5. The molecule has 7 nitrogen and oxygen atoms in total. The van der Waals surface area contributed by atoms with Crippen LogP contribution < -0.4 is 0 Å². The maximum atomic E-state index is 12.8. The SMILES string of the molecule is Cc1ccc(-c2cc(C(=O)N3CCC([C@@H]4OCCC4C(=O)O)CC3)on2)cc1. The Kier molecular flexibility index (Phi) is 5.17. The van der Waals surface area contributed by atoms with Crippen molar-refractivity contribution < 1.29 is 24.0 Å². The molecule has 3 heterocycles. The second kappa shape index (κ2) is 7.75. The number of nitrogens with zero attached hydrogens (tertiary/aromatic N) is 2. The molecule has 2 atom stereocenters. The van der Waals surface area contributed by atoms with Gasteiger partial charge in [0.25, 0.3) is 5.91 Å². The molecule has 0 saturated carbocycles. The lowest BCUT2D eigenvalue weighted by Gasteiger charge is -2.35. The number of likely N-dealkylation sites (tertiary alicyclic amines) is 1. The molecule has 2 aromatic rings. The number of aliphatic carboxylic acids is 1. The van der Waals surface area contributed by atoms with Crippen LogP contribution in [0.4, 0.5) is 0 Å². The summed E-state index contributed by atoms with van der Waals surface area (Å²) in [5, 5.41) is 13.4. The van der Waals surface area contributed by atoms with E-state index in [0.717, 1.165) is 24.0 Å². The van der Waals surface area contributed by atoms with E-state index in [9.17, 15) is 14.7 Å². The van der Waals surface area contributed by atoms with Crippen molar-refractivity contribution in [3.8, 4) is 11.3 Å². The summed E-state index contributed by atoms with van der Waals surface area (Å²) < 4.78 is 11.0. The Balaban J connectivity index is 1.38. The van der Waals surface area contributed by atoms with E-state index in [1.807, 2.05) is 31.2 Å². The molecule has 0 aliphatic carbocycles. The molecule has 0 spiro atoms. The summed E-state index contributed by atoms with van der Waals surface area (Å²) in [6.45, 7) is 3.65. The van der Waals surface area contributed by atoms with Crippen LogP contribution in [-0.2, 0) is 9.53 Å². The van der Waals surface area contributed by atoms with Crippen molar-refractivity contribution in [3.63, 3.8) is 0 Å². The molecule has 148 valence electrons. The largest absolute Gasteiger partial charge is 0.481 e. The number of aromatic nitrogens is 1. The van der Waals surface area contributed by atoms with Gasteiger partial charge in [0.15, 0.2) is 0 Å². The zero-order chi connectivity index (χ0) is 19.7. The summed E-state index contributed by atoms with van der Waals surface area (Å²) in [7, 11) is 0. The average Bonchev–Trinajstić information content (AvgIpc) is 3.38. The Morgan fingerprint density at radius 3 is 2.54 bits per heavy atom. The number of carboxylic acids is 1. The topological polar surface area (TPSA) is 92.9 Å². The van der Waals surface area contributed by atoms with E-state index < -0.39 is 11.9 Å². The van der Waals surface area contributed by atoms with Gasteiger partial charge < -0.3 is 19.3 Å². The fraction of sp³-hybridized carbons (Fsp3) is 0.476. The van der Waals surface area contributed by atoms with E-state index in [0.29, 0.717) is 31.8 Å². The lowest BCUT2D eigenvalue weighted by atomic mass is 9.84. The van der Waals surface area contributed by atoms with Crippen LogP contribution in [0.15, 0.2) is 34.9 Å². The molecular formula is C21H24N2O5. The Labute approximate surface area is 163 Å². The van der Waals surface area contributed by atoms with Crippen LogP contribution in [0, 0.1) is 18.8 Å². The predicted octanol–water partition coefficient (Wildman–Crippen LogP) is 2.99. The minimum Gasteiger partial charge on any atom is -0.481 e. The van der Waals surface area contributed by atoms with Crippen molar-refractivity contribution in [1.29, 1.82) is 0 Å². The molecule has 1 unspecified atom stereocenters. The van der Waals surface area contributed by atoms with Crippen molar-refractivity contribution in [2.75, 3.05) is 19.7 Å². The molecular weight excluding hydrogens is 360 g/mol. The summed E-state index contributed by atoms with van der Waals surface area (Å²) in [6.07, 6.45) is 1.80. The maximum Gasteiger partial charge on any atom is 0.309 e. The lowest BCUT2D eigenvalue weighted by Crippen LogP contribution is -2.43. The predicted molar refractivity (Wildman–Crippen MR) is 101 cm³/mol. The number of hydrogen-bond acceptors (Lipinski definition) is 5. The average molecular weight is 384 g/mol. The minimum atomic E-state index is -0.786. The highest BCUT2D eigenvalue weighted by Crippen LogP contribution is 2.33. The molecule has 1 amide bonds. The number of ether oxygens (including phenoxy) is 1. The van der Waals surface area contributed by atoms with Gasteiger partial charge in [0.05, 0.1) is 12.0 Å². The molecule has 4 rings (SSSR count). The zero-order valence-electron chi connectivity index (χ0n) is 15.8. The van der Waals surface area contributed by atoms with Crippen LogP contribution in [0.3, 0.4) is 0 Å². The second-order valence-electron chi connectivity index (χ2n) is 7.64. The fourth-order valence-corrected chi connectivity index (χ4v) is 4.16. The Morgan fingerprint density at radius 2 is 1.86 bits per heavy atom. The Morgan fingerprint density at radius 1 is 1.14 bits per heavy atom. The highest BCUT2D eigenvalue weighted by Gasteiger charge is 2.41. The van der Waals surface area contributed by atoms with Gasteiger partial charge in [0.1, 0.15) is 5.69 Å². The molecule has 2 aliphatic rings. The number of piperidine rings is 1. The van der Waals surface area contributed by atoms with Crippen molar-refractivity contribution in [2.24, 2.45) is 11.8 Å². The van der Waals surface area contributed by atoms with Gasteiger partial charge in [-0.25, -0.2) is 0 Å². The van der Waals surface area contributed by atoms with Gasteiger partial charge in [-0.1, -0.05) is 35.0 Å². The summed E-state index contributed by atoms with van der Waals surface area (Å²) in [6, 6.07) is 9.57. The Hall–Kier alpha value is -2.67. The van der Waals surface area contributed by atoms with Crippen molar-refractivity contribution in [2.45, 2.75) is 32.3 Å². The summed E-state index contributed by atoms with van der Waals surface area (Å²) in [5.74, 6) is -0.989. The van der Waals surface area contributed by atoms with E-state index in [4.69, 9.17) is 9.26 Å². The van der Waals surface area contributed by atoms with Gasteiger partial charge in [-0.05, 0) is 32.1 Å². The van der Waals surface area contributed by atoms with E-state index >= 15 is 0 Å². The van der Waals surface area contributed by atoms with Crippen LogP contribution in [0.5, 0.6) is 0 Å². The number of carboxylic acid groups (broad SMARTS) is 1. The van der Waals surface area contributed by atoms with Crippen LogP contribution in [0.1, 0.15) is 35.4 Å². The molecule has 2 aliphatic heterocycles. The normalized spacial score (nSPS) is 23.1. The first kappa shape index (κ1) is 18.7. The number of benzene rings is 1. The maximum absolute atomic E-state index is 12.8. The number of hydrogen-bond donors (Lipinski definition) is 1. The third-order valence-corrected chi connectivity index (χ3v) is 5.81. The molecule has 0 radical (unpaired) electrons. The molecule has 0 bridgehead atoms. The summed E-state index contributed by atoms with van der Waals surface area (Å²) in [5.41, 5.74) is 2.70. The van der Waals surface area contributed by atoms with Gasteiger partial charge >= 0.3 is 5.97 Å². The third-order valence-electron chi connectivity index (χ3n) is 5.81. The molecule has 1 aromatic carbocycles. The molecule has 2 saturated heterocycles. The molecule has 28 heavy (non-hydrogen) atoms. The zero-order valence-corrected chi connectivity index (χ0v) is 15.8. The monoisotopic (exact) mass is 384 g/mol. The van der Waals surface area contributed by atoms with Crippen molar-refractivity contribution >= 4 is 11.9 Å². The number of rotatable bonds is 4. The van der Waals surface area contributed by atoms with Crippen LogP contribution in [0.25, 0.3) is 11.3 Å². The van der Waals surface area contributed by atoms with Gasteiger partial charge in [-0.2, -0.15) is 0 Å². The van der Waals surface area contributed by atoms with E-state index in [1.165, 1.54) is 0 Å². The number of carbonyl (C=O) groups is 2. The van der Waals surface area contributed by atoms with Crippen molar-refractivity contribution in [3.05, 3.63) is 41.7 Å². The highest BCUT2D eigenvalue weighted by molar-refractivity contribution is 5.92. The molecule has 1 N–H and O–H groups in total. The number of aryl methyl sites for hydroxylation is 1. The summed E-state index contributed by atoms with van der Waals surface area (Å²) in [4.78, 5) is 25.9. The number of amides is 1.